The molecule has 28 heavy (non-hydrogen) atoms. The predicted octanol–water partition coefficient (Wildman–Crippen LogP) is 2.75. The van der Waals surface area contributed by atoms with Gasteiger partial charge in [-0.1, -0.05) is 26.0 Å². The second-order valence-corrected chi connectivity index (χ2v) is 8.96. The Morgan fingerprint density at radius 1 is 1.18 bits per heavy atom. The number of H-pyrrole nitrogens is 1. The molecule has 0 saturated carbocycles. The first-order valence-corrected chi connectivity index (χ1v) is 10.6. The highest BCUT2D eigenvalue weighted by atomic mass is 32.2. The van der Waals surface area contributed by atoms with Crippen molar-refractivity contribution in [2.24, 2.45) is 5.92 Å². The number of hydrogen-bond acceptors (Lipinski definition) is 5. The maximum absolute atomic E-state index is 12.6. The van der Waals surface area contributed by atoms with Crippen molar-refractivity contribution in [2.75, 3.05) is 0 Å². The zero-order chi connectivity index (χ0) is 20.5. The Kier molecular flexibility index (Phi) is 5.62. The first kappa shape index (κ1) is 20.2. The van der Waals surface area contributed by atoms with E-state index >= 15 is 0 Å². The van der Waals surface area contributed by atoms with E-state index in [0.717, 1.165) is 28.1 Å². The first-order valence-electron chi connectivity index (χ1n) is 9.09. The number of aryl methyl sites for hydroxylation is 1. The summed E-state index contributed by atoms with van der Waals surface area (Å²) in [6, 6.07) is 7.73. The van der Waals surface area contributed by atoms with Crippen LogP contribution in [0.15, 0.2) is 41.4 Å². The van der Waals surface area contributed by atoms with Gasteiger partial charge in [-0.2, -0.15) is 0 Å². The SMILES string of the molecule is CC(=O)C(NS(=O)(=O)c1ccc(Cc2nccc3nc(C)[nH]c23)cc1)C(C)C. The molecule has 2 aromatic heterocycles. The van der Waals surface area contributed by atoms with Crippen LogP contribution in [-0.2, 0) is 21.2 Å². The number of nitrogens with zero attached hydrogens (tertiary/aromatic N) is 2. The number of ketones is 1. The molecule has 148 valence electrons. The fourth-order valence-electron chi connectivity index (χ4n) is 3.15. The van der Waals surface area contributed by atoms with Crippen LogP contribution in [0.5, 0.6) is 0 Å². The van der Waals surface area contributed by atoms with Crippen LogP contribution in [-0.4, -0.2) is 35.2 Å². The summed E-state index contributed by atoms with van der Waals surface area (Å²) in [6.45, 7) is 6.90. The molecule has 1 atom stereocenters. The van der Waals surface area contributed by atoms with Crippen LogP contribution in [0.25, 0.3) is 11.0 Å². The Morgan fingerprint density at radius 3 is 2.46 bits per heavy atom. The molecule has 0 fully saturated rings. The lowest BCUT2D eigenvalue weighted by atomic mass is 10.0. The number of imidazole rings is 1. The van der Waals surface area contributed by atoms with Crippen LogP contribution in [0.3, 0.4) is 0 Å². The summed E-state index contributed by atoms with van der Waals surface area (Å²) in [4.78, 5) is 23.9. The smallest absolute Gasteiger partial charge is 0.241 e. The molecule has 0 radical (unpaired) electrons. The number of benzene rings is 1. The van der Waals surface area contributed by atoms with Crippen molar-refractivity contribution in [3.05, 3.63) is 53.6 Å². The van der Waals surface area contributed by atoms with Gasteiger partial charge in [0, 0.05) is 12.6 Å². The average Bonchev–Trinajstić information content (AvgIpc) is 3.01. The van der Waals surface area contributed by atoms with Crippen molar-refractivity contribution in [1.29, 1.82) is 0 Å². The fraction of sp³-hybridized carbons (Fsp3) is 0.350. The highest BCUT2D eigenvalue weighted by Crippen LogP contribution is 2.19. The van der Waals surface area contributed by atoms with Crippen molar-refractivity contribution < 1.29 is 13.2 Å². The Balaban J connectivity index is 1.82. The molecule has 0 saturated heterocycles. The molecule has 0 spiro atoms. The van der Waals surface area contributed by atoms with E-state index in [1.807, 2.05) is 26.8 Å². The molecule has 0 aliphatic rings. The third-order valence-electron chi connectivity index (χ3n) is 4.59. The highest BCUT2D eigenvalue weighted by molar-refractivity contribution is 7.89. The van der Waals surface area contributed by atoms with Crippen LogP contribution in [0.2, 0.25) is 0 Å². The number of carbonyl (C=O) groups excluding carboxylic acids is 1. The van der Waals surface area contributed by atoms with E-state index in [1.165, 1.54) is 6.92 Å². The number of fused-ring (bicyclic) bond motifs is 1. The van der Waals surface area contributed by atoms with Gasteiger partial charge >= 0.3 is 0 Å². The van der Waals surface area contributed by atoms with Gasteiger partial charge in [0.25, 0.3) is 0 Å². The topological polar surface area (TPSA) is 105 Å². The van der Waals surface area contributed by atoms with Crippen molar-refractivity contribution in [2.45, 2.75) is 45.1 Å². The van der Waals surface area contributed by atoms with Crippen LogP contribution in [0, 0.1) is 12.8 Å². The number of Topliss-reactive ketones (excluding diaryl/α,β-unsaturated/α-hetero) is 1. The Hall–Kier alpha value is -2.58. The van der Waals surface area contributed by atoms with Gasteiger partial charge in [-0.3, -0.25) is 9.78 Å². The van der Waals surface area contributed by atoms with Gasteiger partial charge in [-0.05, 0) is 43.5 Å². The van der Waals surface area contributed by atoms with Crippen molar-refractivity contribution >= 4 is 26.8 Å². The van der Waals surface area contributed by atoms with Gasteiger partial charge in [0.2, 0.25) is 10.0 Å². The molecule has 2 N–H and O–H groups in total. The maximum Gasteiger partial charge on any atom is 0.241 e. The Labute approximate surface area is 164 Å². The average molecular weight is 401 g/mol. The number of pyridine rings is 1. The molecule has 1 unspecified atom stereocenters. The van der Waals surface area contributed by atoms with Gasteiger partial charge in [0.1, 0.15) is 11.6 Å². The first-order chi connectivity index (χ1) is 13.2. The molecule has 2 heterocycles. The molecular weight excluding hydrogens is 376 g/mol. The zero-order valence-electron chi connectivity index (χ0n) is 16.4. The van der Waals surface area contributed by atoms with E-state index in [1.54, 1.807) is 30.5 Å². The number of sulfonamides is 1. The normalized spacial score (nSPS) is 13.2. The van der Waals surface area contributed by atoms with E-state index in [-0.39, 0.29) is 16.6 Å². The second-order valence-electron chi connectivity index (χ2n) is 7.25. The number of nitrogens with one attached hydrogen (secondary N) is 2. The molecule has 0 amide bonds. The monoisotopic (exact) mass is 400 g/mol. The van der Waals surface area contributed by atoms with E-state index in [4.69, 9.17) is 0 Å². The molecule has 1 aromatic carbocycles. The summed E-state index contributed by atoms with van der Waals surface area (Å²) in [7, 11) is -3.77. The molecule has 8 heteroatoms. The molecule has 0 aliphatic heterocycles. The molecule has 3 aromatic rings. The summed E-state index contributed by atoms with van der Waals surface area (Å²) in [5.41, 5.74) is 3.52. The van der Waals surface area contributed by atoms with Crippen LogP contribution in [0.1, 0.15) is 37.9 Å². The minimum Gasteiger partial charge on any atom is -0.341 e. The van der Waals surface area contributed by atoms with Crippen LogP contribution < -0.4 is 4.72 Å². The molecule has 3 rings (SSSR count). The molecule has 7 nitrogen and oxygen atoms in total. The third kappa shape index (κ3) is 4.28. The van der Waals surface area contributed by atoms with Crippen molar-refractivity contribution in [3.63, 3.8) is 0 Å². The van der Waals surface area contributed by atoms with Gasteiger partial charge < -0.3 is 4.98 Å². The minimum atomic E-state index is -3.77. The van der Waals surface area contributed by atoms with Crippen molar-refractivity contribution in [1.82, 2.24) is 19.7 Å². The minimum absolute atomic E-state index is 0.129. The Bertz CT molecular complexity index is 1100. The molecule has 0 aliphatic carbocycles. The van der Waals surface area contributed by atoms with Crippen LogP contribution >= 0.6 is 0 Å². The summed E-state index contributed by atoms with van der Waals surface area (Å²) < 4.78 is 27.7. The highest BCUT2D eigenvalue weighted by Gasteiger charge is 2.25. The molecular formula is C20H24N4O3S. The Morgan fingerprint density at radius 2 is 1.86 bits per heavy atom. The quantitative estimate of drug-likeness (QED) is 0.634. The summed E-state index contributed by atoms with van der Waals surface area (Å²) in [6.07, 6.45) is 2.27. The van der Waals surface area contributed by atoms with Crippen LogP contribution in [0.4, 0.5) is 0 Å². The lowest BCUT2D eigenvalue weighted by molar-refractivity contribution is -0.119. The van der Waals surface area contributed by atoms with Gasteiger partial charge in [-0.15, -0.1) is 0 Å². The van der Waals surface area contributed by atoms with Gasteiger partial charge in [-0.25, -0.2) is 18.1 Å². The fourth-order valence-corrected chi connectivity index (χ4v) is 4.55. The summed E-state index contributed by atoms with van der Waals surface area (Å²) in [5.74, 6) is 0.488. The number of hydrogen-bond donors (Lipinski definition) is 2. The van der Waals surface area contributed by atoms with Crippen molar-refractivity contribution in [3.8, 4) is 0 Å². The predicted molar refractivity (Wildman–Crippen MR) is 108 cm³/mol. The summed E-state index contributed by atoms with van der Waals surface area (Å²) >= 11 is 0. The lowest BCUT2D eigenvalue weighted by Gasteiger charge is -2.19. The van der Waals surface area contributed by atoms with E-state index in [2.05, 4.69) is 19.7 Å². The van der Waals surface area contributed by atoms with E-state index in [9.17, 15) is 13.2 Å². The second kappa shape index (κ2) is 7.81. The largest absolute Gasteiger partial charge is 0.341 e. The number of aromatic amines is 1. The standard InChI is InChI=1S/C20H24N4O3S/c1-12(2)19(13(3)25)24-28(26,27)16-7-5-15(6-8-16)11-18-20-17(9-10-21-18)22-14(4)23-20/h5-10,12,19,24H,11H2,1-4H3,(H,22,23). The number of carbonyl (C=O) groups is 1. The van der Waals surface area contributed by atoms with E-state index < -0.39 is 16.1 Å². The number of aromatic nitrogens is 3. The lowest BCUT2D eigenvalue weighted by Crippen LogP contribution is -2.43. The summed E-state index contributed by atoms with van der Waals surface area (Å²) in [5, 5.41) is 0. The van der Waals surface area contributed by atoms with Gasteiger partial charge in [0.15, 0.2) is 0 Å². The van der Waals surface area contributed by atoms with E-state index in [0.29, 0.717) is 6.42 Å². The third-order valence-corrected chi connectivity index (χ3v) is 6.05. The zero-order valence-corrected chi connectivity index (χ0v) is 17.2. The number of rotatable bonds is 7. The van der Waals surface area contributed by atoms with Gasteiger partial charge in [0.05, 0.1) is 27.7 Å². The maximum atomic E-state index is 12.6. The molecule has 0 bridgehead atoms.